The van der Waals surface area contributed by atoms with E-state index in [4.69, 9.17) is 14.2 Å². The lowest BCUT2D eigenvalue weighted by Gasteiger charge is -2.23. The van der Waals surface area contributed by atoms with Gasteiger partial charge in [-0.2, -0.15) is 0 Å². The number of nitrogens with zero attached hydrogens (tertiary/aromatic N) is 4. The molecule has 0 aromatic carbocycles. The number of carbonyl (C=O) groups excluding carboxylic acids is 6. The summed E-state index contributed by atoms with van der Waals surface area (Å²) in [7, 11) is 0. The Morgan fingerprint density at radius 3 is 0.984 bits per heavy atom. The van der Waals surface area contributed by atoms with Crippen LogP contribution in [0.2, 0.25) is 0 Å². The van der Waals surface area contributed by atoms with Crippen LogP contribution in [-0.2, 0) is 48.2 Å². The van der Waals surface area contributed by atoms with Crippen molar-refractivity contribution >= 4 is 35.6 Å². The molecule has 0 aliphatic rings. The summed E-state index contributed by atoms with van der Waals surface area (Å²) in [5, 5.41) is 38.9. The molecule has 0 aliphatic heterocycles. The van der Waals surface area contributed by atoms with Gasteiger partial charge in [-0.05, 0) is 59.7 Å². The Kier molecular flexibility index (Phi) is 17.8. The maximum atomic E-state index is 12.9. The first-order chi connectivity index (χ1) is 28.9. The molecule has 0 spiro atoms. The molecule has 0 aliphatic carbocycles. The van der Waals surface area contributed by atoms with Crippen LogP contribution in [0.3, 0.4) is 0 Å². The first-order valence-electron chi connectivity index (χ1n) is 19.2. The van der Waals surface area contributed by atoms with Crippen LogP contribution < -0.4 is 32.6 Å². The van der Waals surface area contributed by atoms with E-state index in [1.54, 1.807) is 25.7 Å². The second kappa shape index (κ2) is 22.4. The smallest absolute Gasteiger partial charge is 0.342 e. The van der Waals surface area contributed by atoms with E-state index in [-0.39, 0.29) is 92.9 Å². The summed E-state index contributed by atoms with van der Waals surface area (Å²) < 4.78 is 17.5. The lowest BCUT2D eigenvalue weighted by molar-refractivity contribution is -0.122. The van der Waals surface area contributed by atoms with Gasteiger partial charge in [-0.1, -0.05) is 0 Å². The molecular weight excluding hydrogens is 806 g/mol. The molecule has 3 rings (SSSR count). The van der Waals surface area contributed by atoms with Gasteiger partial charge in [-0.15, -0.1) is 0 Å². The van der Waals surface area contributed by atoms with Crippen molar-refractivity contribution in [2.75, 3.05) is 59.1 Å². The molecule has 22 nitrogen and oxygen atoms in total. The topological polar surface area (TPSA) is 296 Å². The minimum Gasteiger partial charge on any atom is -0.502 e. The zero-order chi connectivity index (χ0) is 45.6. The fourth-order valence-corrected chi connectivity index (χ4v) is 5.95. The maximum Gasteiger partial charge on any atom is 0.342 e. The fraction of sp³-hybridized carbons (Fsp3) is 0.462. The summed E-state index contributed by atoms with van der Waals surface area (Å²) in [6.45, 7) is 8.06. The molecule has 0 saturated carbocycles. The van der Waals surface area contributed by atoms with Crippen molar-refractivity contribution in [3.63, 3.8) is 0 Å². The molecule has 3 aromatic heterocycles. The number of aromatic nitrogens is 3. The van der Waals surface area contributed by atoms with Gasteiger partial charge < -0.3 is 59.2 Å². The number of hydrogen-bond donors (Lipinski definition) is 6. The molecule has 332 valence electrons. The van der Waals surface area contributed by atoms with Crippen LogP contribution >= 0.6 is 0 Å². The summed E-state index contributed by atoms with van der Waals surface area (Å²) in [5.41, 5.74) is -3.32. The van der Waals surface area contributed by atoms with Crippen LogP contribution in [0.1, 0.15) is 68.9 Å². The van der Waals surface area contributed by atoms with Gasteiger partial charge in [-0.25, -0.2) is 14.4 Å². The van der Waals surface area contributed by atoms with Gasteiger partial charge in [-0.3, -0.25) is 33.7 Å². The number of rotatable bonds is 21. The third-order valence-electron chi connectivity index (χ3n) is 9.09. The van der Waals surface area contributed by atoms with Crippen molar-refractivity contribution in [3.8, 4) is 17.2 Å². The van der Waals surface area contributed by atoms with Gasteiger partial charge in [0.1, 0.15) is 36.3 Å². The van der Waals surface area contributed by atoms with E-state index in [0.29, 0.717) is 0 Å². The first kappa shape index (κ1) is 48.4. The van der Waals surface area contributed by atoms with E-state index < -0.39 is 89.2 Å². The van der Waals surface area contributed by atoms with E-state index in [0.717, 1.165) is 13.7 Å². The summed E-state index contributed by atoms with van der Waals surface area (Å²) in [6, 6.07) is 3.68. The van der Waals surface area contributed by atoms with Crippen LogP contribution in [0.5, 0.6) is 17.2 Å². The molecule has 6 N–H and O–H groups in total. The monoisotopic (exact) mass is 857 g/mol. The molecule has 3 aromatic rings. The largest absolute Gasteiger partial charge is 0.502 e. The highest BCUT2D eigenvalue weighted by molar-refractivity contribution is 5.93. The molecular formula is C39H51N7O15. The summed E-state index contributed by atoms with van der Waals surface area (Å²) in [5.74, 6) is -7.17. The number of aryl methyl sites for hydroxylation is 3. The van der Waals surface area contributed by atoms with Crippen LogP contribution in [0, 0.1) is 20.8 Å². The van der Waals surface area contributed by atoms with Crippen LogP contribution in [-0.4, -0.2) is 129 Å². The summed E-state index contributed by atoms with van der Waals surface area (Å²) >= 11 is 0. The Hall–Kier alpha value is -6.97. The standard InChI is InChI=1S/C39H51N7O15/c1-7-59-37(56)25-16-22(4)44(34(53)31(25)50)19-28(47)40-10-13-43(14-11-41-29(48)20-45-23(5)17-26(32(51)35(45)54)38(57)60-8-2)15-12-42-30(49)21-46-24(6)18-27(33(52)36(46)55)39(58)61-9-3/h16-18,50-52H,7-15,19-21H2,1-6H3,(H,40,47)(H,41,48)(H,42,49). The molecule has 0 atom stereocenters. The van der Waals surface area contributed by atoms with Crippen LogP contribution in [0.25, 0.3) is 0 Å². The highest BCUT2D eigenvalue weighted by Gasteiger charge is 2.23. The lowest BCUT2D eigenvalue weighted by Crippen LogP contribution is -2.44. The zero-order valence-electron chi connectivity index (χ0n) is 34.7. The molecule has 3 heterocycles. The number of amides is 3. The van der Waals surface area contributed by atoms with E-state index >= 15 is 0 Å². The Morgan fingerprint density at radius 1 is 0.508 bits per heavy atom. The quantitative estimate of drug-likeness (QED) is 0.0541. The number of esters is 3. The highest BCUT2D eigenvalue weighted by Crippen LogP contribution is 2.17. The Balaban J connectivity index is 1.69. The van der Waals surface area contributed by atoms with E-state index in [9.17, 15) is 58.5 Å². The Bertz CT molecular complexity index is 2080. The molecule has 61 heavy (non-hydrogen) atoms. The third kappa shape index (κ3) is 12.8. The van der Waals surface area contributed by atoms with Crippen molar-refractivity contribution in [1.29, 1.82) is 0 Å². The molecule has 0 unspecified atom stereocenters. The summed E-state index contributed by atoms with van der Waals surface area (Å²) in [6.07, 6.45) is 0. The second-order valence-corrected chi connectivity index (χ2v) is 13.4. The van der Waals surface area contributed by atoms with Gasteiger partial charge in [0, 0.05) is 56.4 Å². The average molecular weight is 858 g/mol. The number of pyridine rings is 3. The predicted molar refractivity (Wildman–Crippen MR) is 215 cm³/mol. The Morgan fingerprint density at radius 2 is 0.754 bits per heavy atom. The number of hydrogen-bond acceptors (Lipinski definition) is 16. The van der Waals surface area contributed by atoms with Crippen molar-refractivity contribution in [2.45, 2.75) is 61.2 Å². The van der Waals surface area contributed by atoms with Crippen LogP contribution in [0.15, 0.2) is 32.6 Å². The zero-order valence-corrected chi connectivity index (χ0v) is 34.7. The van der Waals surface area contributed by atoms with Gasteiger partial charge in [0.25, 0.3) is 16.7 Å². The average Bonchev–Trinajstić information content (AvgIpc) is 3.20. The summed E-state index contributed by atoms with van der Waals surface area (Å²) in [4.78, 5) is 115. The maximum absolute atomic E-state index is 12.9. The van der Waals surface area contributed by atoms with E-state index in [2.05, 4.69) is 16.0 Å². The predicted octanol–water partition coefficient (Wildman–Crippen LogP) is -1.21. The van der Waals surface area contributed by atoms with Crippen molar-refractivity contribution < 1.29 is 58.3 Å². The highest BCUT2D eigenvalue weighted by atomic mass is 16.5. The van der Waals surface area contributed by atoms with Gasteiger partial charge in [0.05, 0.1) is 19.8 Å². The number of carbonyl (C=O) groups is 6. The van der Waals surface area contributed by atoms with Crippen molar-refractivity contribution in [2.24, 2.45) is 0 Å². The van der Waals surface area contributed by atoms with Crippen molar-refractivity contribution in [1.82, 2.24) is 34.6 Å². The first-order valence-corrected chi connectivity index (χ1v) is 19.2. The lowest BCUT2D eigenvalue weighted by atomic mass is 10.2. The molecule has 0 fully saturated rings. The molecule has 0 bridgehead atoms. The number of ether oxygens (including phenoxy) is 3. The number of aromatic hydroxyl groups is 3. The minimum atomic E-state index is -0.975. The molecule has 3 amide bonds. The van der Waals surface area contributed by atoms with Gasteiger partial charge in [0.2, 0.25) is 17.7 Å². The number of nitrogens with one attached hydrogen (secondary N) is 3. The van der Waals surface area contributed by atoms with E-state index in [1.165, 1.54) is 39.0 Å². The van der Waals surface area contributed by atoms with Gasteiger partial charge >= 0.3 is 17.9 Å². The van der Waals surface area contributed by atoms with Gasteiger partial charge in [0.15, 0.2) is 17.2 Å². The SMILES string of the molecule is CCOC(=O)c1cc(C)n(CC(=O)NCCN(CCNC(=O)Cn2c(C)cc(C(=O)OCC)c(O)c2=O)CCNC(=O)Cn2c(C)cc(C(=O)OCC)c(O)c2=O)c(=O)c1O. The molecule has 0 radical (unpaired) electrons. The van der Waals surface area contributed by atoms with Crippen LogP contribution in [0.4, 0.5) is 0 Å². The second-order valence-electron chi connectivity index (χ2n) is 13.4. The molecule has 0 saturated heterocycles. The Labute approximate surface area is 348 Å². The van der Waals surface area contributed by atoms with E-state index in [1.807, 2.05) is 0 Å². The molecule has 22 heteroatoms. The minimum absolute atomic E-state index is 0.00275. The fourth-order valence-electron chi connectivity index (χ4n) is 5.95. The van der Waals surface area contributed by atoms with Crippen molar-refractivity contribution in [3.05, 3.63) is 83.0 Å². The normalized spacial score (nSPS) is 10.9. The third-order valence-corrected chi connectivity index (χ3v) is 9.09.